The van der Waals surface area contributed by atoms with Gasteiger partial charge < -0.3 is 15.5 Å². The average Bonchev–Trinajstić information content (AvgIpc) is 2.49. The lowest BCUT2D eigenvalue weighted by Gasteiger charge is -2.26. The number of aliphatic hydroxyl groups is 1. The minimum absolute atomic E-state index is 0.00464. The Morgan fingerprint density at radius 3 is 2.55 bits per heavy atom. The molecule has 0 rings (SSSR count). The highest BCUT2D eigenvalue weighted by molar-refractivity contribution is 5.75. The van der Waals surface area contributed by atoms with Crippen molar-refractivity contribution in [3.05, 3.63) is 12.2 Å². The lowest BCUT2D eigenvalue weighted by atomic mass is 10.2. The maximum atomic E-state index is 11.7. The number of unbranched alkanes of at least 4 members (excludes halogenated alkanes) is 1. The summed E-state index contributed by atoms with van der Waals surface area (Å²) in [5, 5.41) is 20.7. The summed E-state index contributed by atoms with van der Waals surface area (Å²) in [6.07, 6.45) is 7.91. The SMILES string of the molecule is CC/C=C/CCCC(=O)NCCN(CCCO)C(C)C(=O)O. The molecule has 0 aromatic rings. The second-order valence-electron chi connectivity index (χ2n) is 5.25. The maximum absolute atomic E-state index is 11.7. The zero-order valence-electron chi connectivity index (χ0n) is 13.8. The van der Waals surface area contributed by atoms with Crippen LogP contribution in [0, 0.1) is 0 Å². The van der Waals surface area contributed by atoms with Crippen LogP contribution >= 0.6 is 0 Å². The molecule has 0 radical (unpaired) electrons. The molecule has 1 unspecified atom stereocenters. The van der Waals surface area contributed by atoms with Crippen molar-refractivity contribution in [3.63, 3.8) is 0 Å². The van der Waals surface area contributed by atoms with Gasteiger partial charge in [-0.2, -0.15) is 0 Å². The standard InChI is InChI=1S/C16H30N2O4/c1-3-4-5-6-7-9-15(20)17-10-12-18(11-8-13-19)14(2)16(21)22/h4-5,14,19H,3,6-13H2,1-2H3,(H,17,20)(H,21,22)/b5-4+. The third-order valence-electron chi connectivity index (χ3n) is 3.41. The average molecular weight is 314 g/mol. The van der Waals surface area contributed by atoms with Crippen LogP contribution in [0.1, 0.15) is 46.0 Å². The molecule has 0 saturated heterocycles. The van der Waals surface area contributed by atoms with Crippen LogP contribution in [0.5, 0.6) is 0 Å². The Labute approximate surface area is 133 Å². The summed E-state index contributed by atoms with van der Waals surface area (Å²) < 4.78 is 0. The van der Waals surface area contributed by atoms with Crippen LogP contribution in [-0.2, 0) is 9.59 Å². The van der Waals surface area contributed by atoms with Crippen LogP contribution < -0.4 is 5.32 Å². The quantitative estimate of drug-likeness (QED) is 0.353. The summed E-state index contributed by atoms with van der Waals surface area (Å²) in [5.41, 5.74) is 0. The van der Waals surface area contributed by atoms with Crippen LogP contribution in [0.25, 0.3) is 0 Å². The Morgan fingerprint density at radius 2 is 1.95 bits per heavy atom. The van der Waals surface area contributed by atoms with Crippen LogP contribution in [-0.4, -0.2) is 59.3 Å². The fourth-order valence-corrected chi connectivity index (χ4v) is 2.02. The molecular formula is C16H30N2O4. The van der Waals surface area contributed by atoms with E-state index in [4.69, 9.17) is 10.2 Å². The summed E-state index contributed by atoms with van der Waals surface area (Å²) in [4.78, 5) is 24.4. The molecule has 128 valence electrons. The second kappa shape index (κ2) is 13.3. The van der Waals surface area contributed by atoms with Gasteiger partial charge in [-0.1, -0.05) is 19.1 Å². The molecule has 0 aliphatic carbocycles. The zero-order valence-corrected chi connectivity index (χ0v) is 13.8. The van der Waals surface area contributed by atoms with Gasteiger partial charge >= 0.3 is 5.97 Å². The molecule has 1 atom stereocenters. The van der Waals surface area contributed by atoms with Crippen LogP contribution in [0.3, 0.4) is 0 Å². The van der Waals surface area contributed by atoms with Crippen molar-refractivity contribution < 1.29 is 19.8 Å². The van der Waals surface area contributed by atoms with E-state index in [1.54, 1.807) is 11.8 Å². The largest absolute Gasteiger partial charge is 0.480 e. The number of carboxylic acid groups (broad SMARTS) is 1. The number of carbonyl (C=O) groups is 2. The van der Waals surface area contributed by atoms with E-state index in [0.29, 0.717) is 32.5 Å². The summed E-state index contributed by atoms with van der Waals surface area (Å²) >= 11 is 0. The van der Waals surface area contributed by atoms with Crippen molar-refractivity contribution in [2.75, 3.05) is 26.2 Å². The molecule has 3 N–H and O–H groups in total. The molecule has 0 fully saturated rings. The second-order valence-corrected chi connectivity index (χ2v) is 5.25. The van der Waals surface area contributed by atoms with Gasteiger partial charge in [-0.15, -0.1) is 0 Å². The molecule has 1 amide bonds. The van der Waals surface area contributed by atoms with Crippen molar-refractivity contribution in [3.8, 4) is 0 Å². The number of rotatable bonds is 13. The molecule has 0 aromatic heterocycles. The Bertz CT molecular complexity index is 345. The number of aliphatic carboxylic acids is 1. The van der Waals surface area contributed by atoms with Crippen LogP contribution in [0.4, 0.5) is 0 Å². The van der Waals surface area contributed by atoms with Gasteiger partial charge in [0.1, 0.15) is 6.04 Å². The van der Waals surface area contributed by atoms with Crippen molar-refractivity contribution >= 4 is 11.9 Å². The molecule has 0 saturated carbocycles. The Kier molecular flexibility index (Phi) is 12.4. The normalized spacial score (nSPS) is 12.7. The molecular weight excluding hydrogens is 284 g/mol. The monoisotopic (exact) mass is 314 g/mol. The number of nitrogens with one attached hydrogen (secondary N) is 1. The van der Waals surface area contributed by atoms with Gasteiger partial charge in [0.25, 0.3) is 0 Å². The molecule has 0 spiro atoms. The van der Waals surface area contributed by atoms with Gasteiger partial charge in [-0.25, -0.2) is 0 Å². The number of carboxylic acids is 1. The van der Waals surface area contributed by atoms with E-state index in [-0.39, 0.29) is 12.5 Å². The number of allylic oxidation sites excluding steroid dienone is 2. The summed E-state index contributed by atoms with van der Waals surface area (Å²) in [5.74, 6) is -0.901. The van der Waals surface area contributed by atoms with E-state index in [0.717, 1.165) is 19.3 Å². The summed E-state index contributed by atoms with van der Waals surface area (Å²) in [6, 6.07) is -0.623. The van der Waals surface area contributed by atoms with Crippen LogP contribution in [0.2, 0.25) is 0 Å². The first-order valence-corrected chi connectivity index (χ1v) is 8.02. The third-order valence-corrected chi connectivity index (χ3v) is 3.41. The van der Waals surface area contributed by atoms with Gasteiger partial charge in [0.15, 0.2) is 0 Å². The molecule has 0 bridgehead atoms. The summed E-state index contributed by atoms with van der Waals surface area (Å²) in [6.45, 7) is 5.11. The lowest BCUT2D eigenvalue weighted by Crippen LogP contribution is -2.44. The van der Waals surface area contributed by atoms with Crippen molar-refractivity contribution in [2.24, 2.45) is 0 Å². The highest BCUT2D eigenvalue weighted by atomic mass is 16.4. The van der Waals surface area contributed by atoms with E-state index in [2.05, 4.69) is 24.4 Å². The Balaban J connectivity index is 3.97. The van der Waals surface area contributed by atoms with Gasteiger partial charge in [0.05, 0.1) is 0 Å². The van der Waals surface area contributed by atoms with Crippen LogP contribution in [0.15, 0.2) is 12.2 Å². The van der Waals surface area contributed by atoms with Crippen molar-refractivity contribution in [1.82, 2.24) is 10.2 Å². The smallest absolute Gasteiger partial charge is 0.320 e. The lowest BCUT2D eigenvalue weighted by molar-refractivity contribution is -0.142. The first-order valence-electron chi connectivity index (χ1n) is 8.02. The predicted octanol–water partition coefficient (Wildman–Crippen LogP) is 1.40. The van der Waals surface area contributed by atoms with Gasteiger partial charge in [-0.05, 0) is 32.6 Å². The van der Waals surface area contributed by atoms with E-state index in [9.17, 15) is 9.59 Å². The third kappa shape index (κ3) is 10.3. The number of carbonyl (C=O) groups excluding carboxylic acids is 1. The molecule has 22 heavy (non-hydrogen) atoms. The van der Waals surface area contributed by atoms with E-state index in [1.807, 2.05) is 0 Å². The minimum atomic E-state index is -0.896. The van der Waals surface area contributed by atoms with E-state index < -0.39 is 12.0 Å². The number of nitrogens with zero attached hydrogens (tertiary/aromatic N) is 1. The molecule has 0 aliphatic rings. The number of hydrogen-bond donors (Lipinski definition) is 3. The molecule has 0 aromatic carbocycles. The topological polar surface area (TPSA) is 89.9 Å². The number of amides is 1. The zero-order chi connectivity index (χ0) is 16.8. The van der Waals surface area contributed by atoms with Gasteiger partial charge in [-0.3, -0.25) is 14.5 Å². The fourth-order valence-electron chi connectivity index (χ4n) is 2.02. The first kappa shape index (κ1) is 20.6. The highest BCUT2D eigenvalue weighted by Crippen LogP contribution is 2.01. The van der Waals surface area contributed by atoms with Gasteiger partial charge in [0.2, 0.25) is 5.91 Å². The van der Waals surface area contributed by atoms with Crippen molar-refractivity contribution in [1.29, 1.82) is 0 Å². The minimum Gasteiger partial charge on any atom is -0.480 e. The predicted molar refractivity (Wildman–Crippen MR) is 86.7 cm³/mol. The molecule has 6 heteroatoms. The maximum Gasteiger partial charge on any atom is 0.320 e. The van der Waals surface area contributed by atoms with Crippen molar-refractivity contribution in [2.45, 2.75) is 52.0 Å². The molecule has 6 nitrogen and oxygen atoms in total. The first-order chi connectivity index (χ1) is 10.5. The number of aliphatic hydroxyl groups excluding tert-OH is 1. The summed E-state index contributed by atoms with van der Waals surface area (Å²) in [7, 11) is 0. The Hall–Kier alpha value is -1.40. The molecule has 0 heterocycles. The number of hydrogen-bond acceptors (Lipinski definition) is 4. The van der Waals surface area contributed by atoms with Gasteiger partial charge in [0, 0.05) is 32.7 Å². The fraction of sp³-hybridized carbons (Fsp3) is 0.750. The highest BCUT2D eigenvalue weighted by Gasteiger charge is 2.19. The Morgan fingerprint density at radius 1 is 1.23 bits per heavy atom. The molecule has 0 aliphatic heterocycles. The van der Waals surface area contributed by atoms with E-state index >= 15 is 0 Å². The van der Waals surface area contributed by atoms with E-state index in [1.165, 1.54) is 0 Å².